The van der Waals surface area contributed by atoms with E-state index in [0.717, 1.165) is 11.5 Å². The minimum atomic E-state index is 0.549. The molecule has 0 saturated heterocycles. The van der Waals surface area contributed by atoms with Gasteiger partial charge in [0.25, 0.3) is 0 Å². The van der Waals surface area contributed by atoms with Crippen molar-refractivity contribution in [1.82, 2.24) is 4.98 Å². The summed E-state index contributed by atoms with van der Waals surface area (Å²) in [6.07, 6.45) is 0. The first-order chi connectivity index (χ1) is 7.88. The largest absolute Gasteiger partial charge is 0.373 e. The molecule has 0 aliphatic carbocycles. The van der Waals surface area contributed by atoms with Crippen molar-refractivity contribution in [3.63, 3.8) is 0 Å². The Bertz CT molecular complexity index is 428. The number of nitrogens with one attached hydrogen (secondary N) is 1. The lowest BCUT2D eigenvalue weighted by atomic mass is 10.3. The van der Waals surface area contributed by atoms with E-state index in [1.807, 2.05) is 31.3 Å². The van der Waals surface area contributed by atoms with Gasteiger partial charge in [0, 0.05) is 11.9 Å². The first-order valence-electron chi connectivity index (χ1n) is 5.12. The maximum absolute atomic E-state index is 5.58. The van der Waals surface area contributed by atoms with Gasteiger partial charge in [-0.1, -0.05) is 12.1 Å². The van der Waals surface area contributed by atoms with Crippen LogP contribution in [-0.4, -0.2) is 12.0 Å². The normalized spacial score (nSPS) is 10.3. The highest BCUT2D eigenvalue weighted by Gasteiger charge is 1.98. The van der Waals surface area contributed by atoms with Crippen molar-refractivity contribution in [3.05, 3.63) is 46.3 Å². The van der Waals surface area contributed by atoms with Gasteiger partial charge in [-0.2, -0.15) is 0 Å². The highest BCUT2D eigenvalue weighted by molar-refractivity contribution is 7.09. The van der Waals surface area contributed by atoms with Crippen LogP contribution in [-0.2, 0) is 18.0 Å². The van der Waals surface area contributed by atoms with Gasteiger partial charge >= 0.3 is 0 Å². The number of aromatic nitrogens is 1. The second kappa shape index (κ2) is 5.63. The smallest absolute Gasteiger partial charge is 0.126 e. The number of pyridine rings is 1. The average Bonchev–Trinajstić information content (AvgIpc) is 2.82. The summed E-state index contributed by atoms with van der Waals surface area (Å²) in [6, 6.07) is 9.98. The Labute approximate surface area is 99.1 Å². The van der Waals surface area contributed by atoms with Gasteiger partial charge in [-0.25, -0.2) is 4.98 Å². The van der Waals surface area contributed by atoms with E-state index in [2.05, 4.69) is 21.7 Å². The lowest BCUT2D eigenvalue weighted by Gasteiger charge is -2.04. The molecule has 0 unspecified atom stereocenters. The summed E-state index contributed by atoms with van der Waals surface area (Å²) >= 11 is 1.71. The van der Waals surface area contributed by atoms with Crippen LogP contribution in [0.5, 0.6) is 0 Å². The van der Waals surface area contributed by atoms with Gasteiger partial charge in [-0.15, -0.1) is 11.3 Å². The molecule has 3 nitrogen and oxygen atoms in total. The number of rotatable bonds is 5. The molecule has 0 aromatic carbocycles. The van der Waals surface area contributed by atoms with Gasteiger partial charge in [0.1, 0.15) is 5.82 Å². The standard InChI is InChI=1S/C12H14N2OS/c1-13-12-6-2-4-10(14-12)8-15-9-11-5-3-7-16-11/h2-7H,8-9H2,1H3,(H,13,14). The third-order valence-corrected chi connectivity index (χ3v) is 2.99. The zero-order valence-corrected chi connectivity index (χ0v) is 9.96. The van der Waals surface area contributed by atoms with Crippen molar-refractivity contribution < 1.29 is 4.74 Å². The molecule has 0 saturated carbocycles. The van der Waals surface area contributed by atoms with Crippen LogP contribution in [0.2, 0.25) is 0 Å². The number of hydrogen-bond acceptors (Lipinski definition) is 4. The van der Waals surface area contributed by atoms with Gasteiger partial charge in [0.2, 0.25) is 0 Å². The third kappa shape index (κ3) is 3.05. The van der Waals surface area contributed by atoms with E-state index in [0.29, 0.717) is 13.2 Å². The third-order valence-electron chi connectivity index (χ3n) is 2.14. The summed E-state index contributed by atoms with van der Waals surface area (Å²) in [5.41, 5.74) is 0.948. The number of thiophene rings is 1. The summed E-state index contributed by atoms with van der Waals surface area (Å²) in [7, 11) is 1.86. The predicted molar refractivity (Wildman–Crippen MR) is 66.6 cm³/mol. The van der Waals surface area contributed by atoms with E-state index in [1.165, 1.54) is 4.88 Å². The quantitative estimate of drug-likeness (QED) is 0.863. The fourth-order valence-electron chi connectivity index (χ4n) is 1.35. The molecule has 0 spiro atoms. The highest BCUT2D eigenvalue weighted by Crippen LogP contribution is 2.11. The summed E-state index contributed by atoms with van der Waals surface area (Å²) in [5, 5.41) is 5.06. The lowest BCUT2D eigenvalue weighted by Crippen LogP contribution is -1.98. The first kappa shape index (κ1) is 11.1. The Kier molecular flexibility index (Phi) is 3.91. The molecule has 2 aromatic heterocycles. The van der Waals surface area contributed by atoms with Gasteiger partial charge in [-0.3, -0.25) is 0 Å². The molecule has 0 atom stereocenters. The van der Waals surface area contributed by atoms with Crippen LogP contribution in [0.3, 0.4) is 0 Å². The molecule has 0 radical (unpaired) electrons. The van der Waals surface area contributed by atoms with Crippen molar-refractivity contribution in [3.8, 4) is 0 Å². The number of hydrogen-bond donors (Lipinski definition) is 1. The monoisotopic (exact) mass is 234 g/mol. The minimum Gasteiger partial charge on any atom is -0.373 e. The molecule has 4 heteroatoms. The maximum Gasteiger partial charge on any atom is 0.126 e. The molecular weight excluding hydrogens is 220 g/mol. The van der Waals surface area contributed by atoms with E-state index in [4.69, 9.17) is 4.74 Å². The predicted octanol–water partition coefficient (Wildman–Crippen LogP) is 2.90. The Morgan fingerprint density at radius 2 is 2.19 bits per heavy atom. The lowest BCUT2D eigenvalue weighted by molar-refractivity contribution is 0.107. The zero-order chi connectivity index (χ0) is 11.2. The van der Waals surface area contributed by atoms with Gasteiger partial charge < -0.3 is 10.1 Å². The van der Waals surface area contributed by atoms with Gasteiger partial charge in [-0.05, 0) is 23.6 Å². The summed E-state index contributed by atoms with van der Waals surface area (Å²) in [6.45, 7) is 1.20. The van der Waals surface area contributed by atoms with Crippen molar-refractivity contribution in [2.24, 2.45) is 0 Å². The second-order valence-corrected chi connectivity index (χ2v) is 4.37. The molecule has 0 aliphatic heterocycles. The van der Waals surface area contributed by atoms with Crippen LogP contribution in [0, 0.1) is 0 Å². The number of ether oxygens (including phenoxy) is 1. The molecule has 0 fully saturated rings. The molecule has 1 N–H and O–H groups in total. The Hall–Kier alpha value is -1.39. The van der Waals surface area contributed by atoms with E-state index in [9.17, 15) is 0 Å². The van der Waals surface area contributed by atoms with Crippen molar-refractivity contribution >= 4 is 17.2 Å². The van der Waals surface area contributed by atoms with Crippen LogP contribution >= 0.6 is 11.3 Å². The van der Waals surface area contributed by atoms with E-state index in [-0.39, 0.29) is 0 Å². The van der Waals surface area contributed by atoms with Crippen LogP contribution in [0.25, 0.3) is 0 Å². The second-order valence-electron chi connectivity index (χ2n) is 3.34. The average molecular weight is 234 g/mol. The summed E-state index contributed by atoms with van der Waals surface area (Å²) in [5.74, 6) is 0.872. The van der Waals surface area contributed by atoms with Crippen molar-refractivity contribution in [2.75, 3.05) is 12.4 Å². The molecular formula is C12H14N2OS. The Balaban J connectivity index is 1.85. The summed E-state index contributed by atoms with van der Waals surface area (Å²) in [4.78, 5) is 5.62. The molecule has 0 bridgehead atoms. The fraction of sp³-hybridized carbons (Fsp3) is 0.250. The number of nitrogens with zero attached hydrogens (tertiary/aromatic N) is 1. The molecule has 84 valence electrons. The Morgan fingerprint density at radius 1 is 1.25 bits per heavy atom. The van der Waals surface area contributed by atoms with Crippen LogP contribution in [0.1, 0.15) is 10.6 Å². The van der Waals surface area contributed by atoms with E-state index in [1.54, 1.807) is 11.3 Å². The minimum absolute atomic E-state index is 0.549. The van der Waals surface area contributed by atoms with Gasteiger partial charge in [0.15, 0.2) is 0 Å². The van der Waals surface area contributed by atoms with Crippen LogP contribution in [0.4, 0.5) is 5.82 Å². The Morgan fingerprint density at radius 3 is 2.94 bits per heavy atom. The van der Waals surface area contributed by atoms with Gasteiger partial charge in [0.05, 0.1) is 18.9 Å². The molecule has 2 rings (SSSR count). The zero-order valence-electron chi connectivity index (χ0n) is 9.14. The van der Waals surface area contributed by atoms with Crippen LogP contribution in [0.15, 0.2) is 35.7 Å². The number of anilines is 1. The maximum atomic E-state index is 5.58. The molecule has 2 heterocycles. The molecule has 0 aliphatic rings. The van der Waals surface area contributed by atoms with Crippen molar-refractivity contribution in [1.29, 1.82) is 0 Å². The highest BCUT2D eigenvalue weighted by atomic mass is 32.1. The van der Waals surface area contributed by atoms with E-state index >= 15 is 0 Å². The van der Waals surface area contributed by atoms with Crippen molar-refractivity contribution in [2.45, 2.75) is 13.2 Å². The first-order valence-corrected chi connectivity index (χ1v) is 6.00. The topological polar surface area (TPSA) is 34.1 Å². The van der Waals surface area contributed by atoms with Crippen LogP contribution < -0.4 is 5.32 Å². The molecule has 2 aromatic rings. The SMILES string of the molecule is CNc1cccc(COCc2cccs2)n1. The summed E-state index contributed by atoms with van der Waals surface area (Å²) < 4.78 is 5.58. The van der Waals surface area contributed by atoms with E-state index < -0.39 is 0 Å². The fourth-order valence-corrected chi connectivity index (χ4v) is 1.99. The molecule has 16 heavy (non-hydrogen) atoms. The molecule has 0 amide bonds.